The van der Waals surface area contributed by atoms with E-state index >= 15 is 0 Å². The second-order valence-corrected chi connectivity index (χ2v) is 9.67. The molecule has 36 heavy (non-hydrogen) atoms. The summed E-state index contributed by atoms with van der Waals surface area (Å²) in [5, 5.41) is 0. The molecule has 0 radical (unpaired) electrons. The average Bonchev–Trinajstić information content (AvgIpc) is 3.55. The minimum Gasteiger partial charge on any atom is -0.233 e. The van der Waals surface area contributed by atoms with Gasteiger partial charge in [0, 0.05) is 17.0 Å². The quantitative estimate of drug-likeness (QED) is 0.183. The van der Waals surface area contributed by atoms with Gasteiger partial charge in [0.2, 0.25) is 12.7 Å². The van der Waals surface area contributed by atoms with E-state index in [1.165, 1.54) is 27.8 Å². The molecule has 0 saturated heterocycles. The van der Waals surface area contributed by atoms with Gasteiger partial charge in [0.25, 0.3) is 0 Å². The normalized spacial score (nSPS) is 11.2. The second kappa shape index (κ2) is 11.4. The third-order valence-electron chi connectivity index (χ3n) is 6.66. The molecule has 5 heteroatoms. The molecule has 0 unspecified atom stereocenters. The van der Waals surface area contributed by atoms with Crippen molar-refractivity contribution in [1.29, 1.82) is 0 Å². The first-order valence-electron chi connectivity index (χ1n) is 12.6. The Kier molecular flexibility index (Phi) is 7.63. The fraction of sp³-hybridized carbons (Fsp3) is 0.226. The lowest BCUT2D eigenvalue weighted by atomic mass is 10.1. The summed E-state index contributed by atoms with van der Waals surface area (Å²) in [6, 6.07) is 26.2. The monoisotopic (exact) mass is 496 g/mol. The van der Waals surface area contributed by atoms with Crippen LogP contribution in [0.1, 0.15) is 40.3 Å². The number of alkyl halides is 1. The van der Waals surface area contributed by atoms with Gasteiger partial charge in [0.05, 0.1) is 0 Å². The molecule has 5 aromatic rings. The van der Waals surface area contributed by atoms with Crippen molar-refractivity contribution in [2.45, 2.75) is 45.4 Å². The average molecular weight is 497 g/mol. The van der Waals surface area contributed by atoms with Crippen molar-refractivity contribution >= 4 is 11.6 Å². The number of aromatic nitrogens is 4. The van der Waals surface area contributed by atoms with Gasteiger partial charge in [-0.15, -0.1) is 11.6 Å². The molecule has 5 rings (SSSR count). The maximum Gasteiger partial charge on any atom is 0.244 e. The highest BCUT2D eigenvalue weighted by atomic mass is 35.5. The molecule has 0 atom stereocenters. The summed E-state index contributed by atoms with van der Waals surface area (Å²) in [5.74, 6) is 0.555. The predicted molar refractivity (Wildman–Crippen MR) is 144 cm³/mol. The molecule has 0 aliphatic rings. The van der Waals surface area contributed by atoms with Gasteiger partial charge in [-0.1, -0.05) is 79.7 Å². The standard InChI is InChI=1S/C31H33ClN4/c1-2-26-7-11-28(12-8-26)20-33-15-17-35(24-33)22-30-5-3-4-6-31(30)23-36-18-16-34(25-36)21-29-13-9-27(19-32)10-14-29/h3-18,24-25H,2,19-23H2,1H3/q+2. The zero-order valence-corrected chi connectivity index (χ0v) is 21.6. The van der Waals surface area contributed by atoms with Crippen LogP contribution in [0.4, 0.5) is 0 Å². The van der Waals surface area contributed by atoms with Gasteiger partial charge in [0.15, 0.2) is 0 Å². The third-order valence-corrected chi connectivity index (χ3v) is 6.96. The lowest BCUT2D eigenvalue weighted by molar-refractivity contribution is -0.688. The summed E-state index contributed by atoms with van der Waals surface area (Å²) in [6.07, 6.45) is 14.1. The predicted octanol–water partition coefficient (Wildman–Crippen LogP) is 5.36. The number of imidazole rings is 2. The van der Waals surface area contributed by atoms with Crippen LogP contribution in [0.3, 0.4) is 0 Å². The highest BCUT2D eigenvalue weighted by Gasteiger charge is 2.12. The molecule has 3 aromatic carbocycles. The van der Waals surface area contributed by atoms with Gasteiger partial charge in [-0.05, 0) is 28.7 Å². The van der Waals surface area contributed by atoms with Gasteiger partial charge >= 0.3 is 0 Å². The van der Waals surface area contributed by atoms with Crippen LogP contribution < -0.4 is 9.13 Å². The van der Waals surface area contributed by atoms with Gasteiger partial charge in [-0.25, -0.2) is 18.3 Å². The van der Waals surface area contributed by atoms with Gasteiger partial charge in [0.1, 0.15) is 51.0 Å². The number of aryl methyl sites for hydroxylation is 1. The lowest BCUT2D eigenvalue weighted by Gasteiger charge is -2.06. The Morgan fingerprint density at radius 1 is 0.611 bits per heavy atom. The smallest absolute Gasteiger partial charge is 0.233 e. The Bertz CT molecular complexity index is 1290. The van der Waals surface area contributed by atoms with E-state index in [1.807, 2.05) is 0 Å². The molecule has 0 spiro atoms. The van der Waals surface area contributed by atoms with Gasteiger partial charge in [-0.3, -0.25) is 0 Å². The SMILES string of the molecule is CCc1ccc(C[n+]2ccn(Cc3ccccc3C[n+]3ccn(Cc4ccc(CCl)cc4)c3)c2)cc1. The highest BCUT2D eigenvalue weighted by molar-refractivity contribution is 6.17. The summed E-state index contributed by atoms with van der Waals surface area (Å²) >= 11 is 5.92. The van der Waals surface area contributed by atoms with E-state index < -0.39 is 0 Å². The molecular formula is C31H33ClN4+2. The molecule has 2 aromatic heterocycles. The van der Waals surface area contributed by atoms with E-state index in [9.17, 15) is 0 Å². The van der Waals surface area contributed by atoms with Crippen LogP contribution in [-0.4, -0.2) is 9.13 Å². The maximum absolute atomic E-state index is 5.92. The van der Waals surface area contributed by atoms with Crippen LogP contribution in [0.15, 0.2) is 110 Å². The fourth-order valence-electron chi connectivity index (χ4n) is 4.55. The van der Waals surface area contributed by atoms with Crippen molar-refractivity contribution in [2.75, 3.05) is 0 Å². The molecule has 0 N–H and O–H groups in total. The largest absolute Gasteiger partial charge is 0.244 e. The van der Waals surface area contributed by atoms with Crippen molar-refractivity contribution < 1.29 is 9.13 Å². The first kappa shape index (κ1) is 24.1. The lowest BCUT2D eigenvalue weighted by Crippen LogP contribution is -2.32. The second-order valence-electron chi connectivity index (χ2n) is 9.41. The Balaban J connectivity index is 1.23. The van der Waals surface area contributed by atoms with Crippen LogP contribution in [-0.2, 0) is 38.5 Å². The Labute approximate surface area is 218 Å². The van der Waals surface area contributed by atoms with Crippen molar-refractivity contribution in [1.82, 2.24) is 9.13 Å². The molecule has 0 aliphatic carbocycles. The summed E-state index contributed by atoms with van der Waals surface area (Å²) in [4.78, 5) is 0. The molecule has 0 bridgehead atoms. The summed E-state index contributed by atoms with van der Waals surface area (Å²) in [5.41, 5.74) is 7.80. The molecule has 4 nitrogen and oxygen atoms in total. The topological polar surface area (TPSA) is 17.6 Å². The van der Waals surface area contributed by atoms with Crippen LogP contribution in [0.25, 0.3) is 0 Å². The molecule has 0 saturated carbocycles. The first-order valence-corrected chi connectivity index (χ1v) is 13.1. The summed E-state index contributed by atoms with van der Waals surface area (Å²) in [7, 11) is 0. The van der Waals surface area contributed by atoms with E-state index in [-0.39, 0.29) is 0 Å². The Morgan fingerprint density at radius 2 is 1.17 bits per heavy atom. The number of halogens is 1. The first-order chi connectivity index (χ1) is 17.7. The molecule has 0 amide bonds. The maximum atomic E-state index is 5.92. The number of hydrogen-bond donors (Lipinski definition) is 0. The van der Waals surface area contributed by atoms with Crippen molar-refractivity contribution in [2.24, 2.45) is 0 Å². The zero-order valence-electron chi connectivity index (χ0n) is 20.8. The summed E-state index contributed by atoms with van der Waals surface area (Å²) < 4.78 is 8.99. The van der Waals surface area contributed by atoms with Crippen molar-refractivity contribution in [3.8, 4) is 0 Å². The van der Waals surface area contributed by atoms with Crippen molar-refractivity contribution in [3.05, 3.63) is 144 Å². The van der Waals surface area contributed by atoms with E-state index in [0.717, 1.165) is 38.2 Å². The summed E-state index contributed by atoms with van der Waals surface area (Å²) in [6.45, 7) is 5.63. The Hall–Kier alpha value is -3.63. The van der Waals surface area contributed by atoms with Crippen LogP contribution in [0, 0.1) is 0 Å². The van der Waals surface area contributed by atoms with Crippen molar-refractivity contribution in [3.63, 3.8) is 0 Å². The van der Waals surface area contributed by atoms with Gasteiger partial charge in [-0.2, -0.15) is 0 Å². The number of benzene rings is 3. The van der Waals surface area contributed by atoms with E-state index in [1.54, 1.807) is 0 Å². The minimum atomic E-state index is 0.555. The number of nitrogens with zero attached hydrogens (tertiary/aromatic N) is 4. The van der Waals surface area contributed by atoms with Crippen LogP contribution in [0.2, 0.25) is 0 Å². The van der Waals surface area contributed by atoms with Crippen LogP contribution >= 0.6 is 11.6 Å². The minimum absolute atomic E-state index is 0.555. The number of hydrogen-bond acceptors (Lipinski definition) is 0. The van der Waals surface area contributed by atoms with E-state index in [0.29, 0.717) is 5.88 Å². The van der Waals surface area contributed by atoms with E-state index in [2.05, 4.69) is 135 Å². The molecule has 0 fully saturated rings. The van der Waals surface area contributed by atoms with E-state index in [4.69, 9.17) is 11.6 Å². The number of rotatable bonds is 10. The molecule has 182 valence electrons. The van der Waals surface area contributed by atoms with Crippen LogP contribution in [0.5, 0.6) is 0 Å². The zero-order chi connectivity index (χ0) is 24.7. The third kappa shape index (κ3) is 6.13. The molecular weight excluding hydrogens is 464 g/mol. The fourth-order valence-corrected chi connectivity index (χ4v) is 4.72. The van der Waals surface area contributed by atoms with Gasteiger partial charge < -0.3 is 0 Å². The highest BCUT2D eigenvalue weighted by Crippen LogP contribution is 2.12. The molecule has 0 aliphatic heterocycles. The molecule has 2 heterocycles. The Morgan fingerprint density at radius 3 is 1.83 bits per heavy atom.